The van der Waals surface area contributed by atoms with Gasteiger partial charge in [-0.1, -0.05) is 6.07 Å². The third-order valence-electron chi connectivity index (χ3n) is 3.80. The van der Waals surface area contributed by atoms with E-state index in [4.69, 9.17) is 0 Å². The van der Waals surface area contributed by atoms with E-state index in [2.05, 4.69) is 14.8 Å². The highest BCUT2D eigenvalue weighted by molar-refractivity contribution is 7.89. The summed E-state index contributed by atoms with van der Waals surface area (Å²) < 4.78 is 24.8. The average molecular weight is 312 g/mol. The fourth-order valence-electron chi connectivity index (χ4n) is 2.32. The first-order valence-corrected chi connectivity index (χ1v) is 8.83. The first-order chi connectivity index (χ1) is 9.97. The monoisotopic (exact) mass is 312 g/mol. The Morgan fingerprint density at radius 1 is 1.14 bits per heavy atom. The third kappa shape index (κ3) is 5.03. The van der Waals surface area contributed by atoms with Gasteiger partial charge in [-0.2, -0.15) is 0 Å². The van der Waals surface area contributed by atoms with E-state index >= 15 is 0 Å². The molecule has 2 rings (SSSR count). The van der Waals surface area contributed by atoms with Crippen molar-refractivity contribution in [3.63, 3.8) is 0 Å². The van der Waals surface area contributed by atoms with Crippen molar-refractivity contribution in [3.8, 4) is 0 Å². The molecule has 2 heterocycles. The van der Waals surface area contributed by atoms with Crippen molar-refractivity contribution >= 4 is 10.0 Å². The molecule has 0 N–H and O–H groups in total. The predicted molar refractivity (Wildman–Crippen MR) is 83.4 cm³/mol. The Kier molecular flexibility index (Phi) is 5.69. The lowest BCUT2D eigenvalue weighted by Gasteiger charge is -2.34. The Labute approximate surface area is 127 Å². The number of nitrogens with zero attached hydrogens (tertiary/aromatic N) is 4. The van der Waals surface area contributed by atoms with Gasteiger partial charge in [0.2, 0.25) is 10.0 Å². The minimum absolute atomic E-state index is 0.195. The van der Waals surface area contributed by atoms with Gasteiger partial charge in [-0.25, -0.2) is 12.7 Å². The molecule has 7 heteroatoms. The average Bonchev–Trinajstić information content (AvgIpc) is 2.47. The molecule has 0 amide bonds. The summed E-state index contributed by atoms with van der Waals surface area (Å²) in [6.45, 7) is 5.21. The Bertz CT molecular complexity index is 525. The van der Waals surface area contributed by atoms with Gasteiger partial charge in [0.15, 0.2) is 0 Å². The van der Waals surface area contributed by atoms with E-state index in [9.17, 15) is 8.42 Å². The van der Waals surface area contributed by atoms with Crippen molar-refractivity contribution in [1.29, 1.82) is 0 Å². The summed E-state index contributed by atoms with van der Waals surface area (Å²) >= 11 is 0. The van der Waals surface area contributed by atoms with E-state index in [1.54, 1.807) is 14.1 Å². The van der Waals surface area contributed by atoms with Crippen molar-refractivity contribution in [2.75, 3.05) is 52.6 Å². The highest BCUT2D eigenvalue weighted by Gasteiger charge is 2.20. The molecule has 1 aliphatic heterocycles. The first-order valence-electron chi connectivity index (χ1n) is 7.22. The second-order valence-electron chi connectivity index (χ2n) is 5.54. The Morgan fingerprint density at radius 3 is 2.38 bits per heavy atom. The zero-order valence-corrected chi connectivity index (χ0v) is 13.6. The van der Waals surface area contributed by atoms with Gasteiger partial charge in [0, 0.05) is 59.6 Å². The quantitative estimate of drug-likeness (QED) is 0.745. The zero-order chi connectivity index (χ0) is 15.3. The molecule has 0 spiro atoms. The molecule has 1 saturated heterocycles. The largest absolute Gasteiger partial charge is 0.300 e. The summed E-state index contributed by atoms with van der Waals surface area (Å²) in [6, 6.07) is 5.97. The molecule has 118 valence electrons. The topological polar surface area (TPSA) is 56.8 Å². The number of sulfonamides is 1. The molecular formula is C14H24N4O2S. The summed E-state index contributed by atoms with van der Waals surface area (Å²) in [4.78, 5) is 8.92. The van der Waals surface area contributed by atoms with Gasteiger partial charge < -0.3 is 0 Å². The maximum atomic E-state index is 11.8. The molecule has 1 fully saturated rings. The lowest BCUT2D eigenvalue weighted by atomic mass is 10.2. The number of hydrogen-bond acceptors (Lipinski definition) is 5. The maximum absolute atomic E-state index is 11.8. The van der Waals surface area contributed by atoms with Crippen LogP contribution in [0.1, 0.15) is 5.69 Å². The molecule has 1 aromatic heterocycles. The lowest BCUT2D eigenvalue weighted by molar-refractivity contribution is 0.131. The van der Waals surface area contributed by atoms with Crippen LogP contribution in [0, 0.1) is 0 Å². The summed E-state index contributed by atoms with van der Waals surface area (Å²) in [7, 11) is 0.0753. The molecule has 21 heavy (non-hydrogen) atoms. The SMILES string of the molecule is CN(C)S(=O)(=O)CCN1CCN(Cc2ccccn2)CC1. The third-order valence-corrected chi connectivity index (χ3v) is 5.61. The standard InChI is InChI=1S/C14H24N4O2S/c1-16(2)21(19,20)12-11-17-7-9-18(10-8-17)13-14-5-3-4-6-15-14/h3-6H,7-13H2,1-2H3. The molecule has 0 radical (unpaired) electrons. The van der Waals surface area contributed by atoms with Gasteiger partial charge in [-0.05, 0) is 12.1 Å². The minimum atomic E-state index is -3.09. The normalized spacial score (nSPS) is 18.2. The fraction of sp³-hybridized carbons (Fsp3) is 0.643. The van der Waals surface area contributed by atoms with Crippen LogP contribution in [0.4, 0.5) is 0 Å². The van der Waals surface area contributed by atoms with Gasteiger partial charge in [-0.15, -0.1) is 0 Å². The van der Waals surface area contributed by atoms with E-state index in [0.29, 0.717) is 6.54 Å². The van der Waals surface area contributed by atoms with E-state index in [-0.39, 0.29) is 5.75 Å². The first kappa shape index (κ1) is 16.4. The molecule has 6 nitrogen and oxygen atoms in total. The van der Waals surface area contributed by atoms with Crippen LogP contribution < -0.4 is 0 Å². The van der Waals surface area contributed by atoms with Crippen LogP contribution in [0.25, 0.3) is 0 Å². The van der Waals surface area contributed by atoms with Crippen LogP contribution in [-0.4, -0.2) is 80.1 Å². The molecular weight excluding hydrogens is 288 g/mol. The number of piperazine rings is 1. The van der Waals surface area contributed by atoms with Crippen LogP contribution >= 0.6 is 0 Å². The van der Waals surface area contributed by atoms with Gasteiger partial charge in [-0.3, -0.25) is 14.8 Å². The molecule has 0 saturated carbocycles. The minimum Gasteiger partial charge on any atom is -0.300 e. The predicted octanol–water partition coefficient (Wildman–Crippen LogP) is 0.0906. The number of pyridine rings is 1. The van der Waals surface area contributed by atoms with Crippen LogP contribution in [-0.2, 0) is 16.6 Å². The summed E-state index contributed by atoms with van der Waals surface area (Å²) in [5, 5.41) is 0. The van der Waals surface area contributed by atoms with Gasteiger partial charge >= 0.3 is 0 Å². The fourth-order valence-corrected chi connectivity index (χ4v) is 3.17. The molecule has 0 atom stereocenters. The highest BCUT2D eigenvalue weighted by atomic mass is 32.2. The summed E-state index contributed by atoms with van der Waals surface area (Å²) in [5.74, 6) is 0.195. The molecule has 0 bridgehead atoms. The summed E-state index contributed by atoms with van der Waals surface area (Å²) in [5.41, 5.74) is 1.08. The van der Waals surface area contributed by atoms with Crippen molar-refractivity contribution in [2.24, 2.45) is 0 Å². The number of aromatic nitrogens is 1. The van der Waals surface area contributed by atoms with E-state index < -0.39 is 10.0 Å². The molecule has 1 aliphatic rings. The van der Waals surface area contributed by atoms with Crippen molar-refractivity contribution in [3.05, 3.63) is 30.1 Å². The Balaban J connectivity index is 1.74. The Morgan fingerprint density at radius 2 is 1.81 bits per heavy atom. The van der Waals surface area contributed by atoms with E-state index in [1.165, 1.54) is 4.31 Å². The van der Waals surface area contributed by atoms with E-state index in [1.807, 2.05) is 24.4 Å². The second kappa shape index (κ2) is 7.31. The lowest BCUT2D eigenvalue weighted by Crippen LogP contribution is -2.47. The maximum Gasteiger partial charge on any atom is 0.214 e. The smallest absolute Gasteiger partial charge is 0.214 e. The van der Waals surface area contributed by atoms with Gasteiger partial charge in [0.1, 0.15) is 0 Å². The second-order valence-corrected chi connectivity index (χ2v) is 7.84. The van der Waals surface area contributed by atoms with Crippen LogP contribution in [0.2, 0.25) is 0 Å². The van der Waals surface area contributed by atoms with Crippen LogP contribution in [0.3, 0.4) is 0 Å². The number of hydrogen-bond donors (Lipinski definition) is 0. The number of rotatable bonds is 6. The van der Waals surface area contributed by atoms with E-state index in [0.717, 1.165) is 38.4 Å². The van der Waals surface area contributed by atoms with Crippen LogP contribution in [0.5, 0.6) is 0 Å². The summed E-state index contributed by atoms with van der Waals surface area (Å²) in [6.07, 6.45) is 1.82. The van der Waals surface area contributed by atoms with Crippen molar-refractivity contribution in [1.82, 2.24) is 19.1 Å². The van der Waals surface area contributed by atoms with Crippen molar-refractivity contribution < 1.29 is 8.42 Å². The molecule has 1 aromatic rings. The Hall–Kier alpha value is -1.02. The van der Waals surface area contributed by atoms with Crippen LogP contribution in [0.15, 0.2) is 24.4 Å². The highest BCUT2D eigenvalue weighted by Crippen LogP contribution is 2.07. The van der Waals surface area contributed by atoms with Gasteiger partial charge in [0.25, 0.3) is 0 Å². The van der Waals surface area contributed by atoms with Gasteiger partial charge in [0.05, 0.1) is 11.4 Å². The zero-order valence-electron chi connectivity index (χ0n) is 12.8. The molecule has 0 unspecified atom stereocenters. The molecule has 0 aliphatic carbocycles. The van der Waals surface area contributed by atoms with Crippen molar-refractivity contribution in [2.45, 2.75) is 6.54 Å². The molecule has 0 aromatic carbocycles.